The number of benzene rings is 2. The van der Waals surface area contributed by atoms with Crippen molar-refractivity contribution in [2.45, 2.75) is 13.8 Å². The molecule has 0 aromatic heterocycles. The van der Waals surface area contributed by atoms with Crippen molar-refractivity contribution in [1.82, 2.24) is 10.9 Å². The predicted molar refractivity (Wildman–Crippen MR) is 97.9 cm³/mol. The number of hydrazine groups is 1. The number of rotatable bonds is 6. The normalized spacial score (nSPS) is 10.0. The molecule has 0 heterocycles. The molecule has 2 aromatic carbocycles. The van der Waals surface area contributed by atoms with Gasteiger partial charge in [-0.2, -0.15) is 0 Å². The van der Waals surface area contributed by atoms with E-state index >= 15 is 0 Å². The summed E-state index contributed by atoms with van der Waals surface area (Å²) in [7, 11) is 0. The van der Waals surface area contributed by atoms with E-state index in [0.717, 1.165) is 0 Å². The van der Waals surface area contributed by atoms with E-state index in [9.17, 15) is 9.59 Å². The van der Waals surface area contributed by atoms with Crippen molar-refractivity contribution in [3.63, 3.8) is 0 Å². The number of halogens is 1. The van der Waals surface area contributed by atoms with E-state index in [1.54, 1.807) is 42.5 Å². The molecular weight excluding hydrogens is 388 g/mol. The van der Waals surface area contributed by atoms with Gasteiger partial charge >= 0.3 is 0 Å². The zero-order chi connectivity index (χ0) is 18.2. The summed E-state index contributed by atoms with van der Waals surface area (Å²) in [4.78, 5) is 24.4. The van der Waals surface area contributed by atoms with Crippen LogP contribution in [0.3, 0.4) is 0 Å². The second kappa shape index (κ2) is 9.08. The van der Waals surface area contributed by atoms with Crippen molar-refractivity contribution in [3.8, 4) is 11.5 Å². The first-order chi connectivity index (χ1) is 12.1. The second-order valence-electron chi connectivity index (χ2n) is 4.92. The molecule has 7 heteroatoms. The first kappa shape index (κ1) is 18.8. The highest BCUT2D eigenvalue weighted by molar-refractivity contribution is 9.10. The molecule has 2 amide bonds. The van der Waals surface area contributed by atoms with Gasteiger partial charge in [-0.15, -0.1) is 0 Å². The maximum atomic E-state index is 12.3. The minimum Gasteiger partial charge on any atom is -0.490 e. The average Bonchev–Trinajstić information content (AvgIpc) is 2.61. The molecule has 0 fully saturated rings. The Balaban J connectivity index is 2.06. The Morgan fingerprint density at radius 3 is 2.24 bits per heavy atom. The van der Waals surface area contributed by atoms with Gasteiger partial charge in [-0.3, -0.25) is 20.4 Å². The van der Waals surface area contributed by atoms with E-state index in [1.165, 1.54) is 0 Å². The molecule has 0 aliphatic rings. The van der Waals surface area contributed by atoms with Gasteiger partial charge in [-0.25, -0.2) is 0 Å². The van der Waals surface area contributed by atoms with E-state index in [2.05, 4.69) is 26.8 Å². The van der Waals surface area contributed by atoms with Crippen molar-refractivity contribution in [3.05, 3.63) is 58.1 Å². The van der Waals surface area contributed by atoms with E-state index in [0.29, 0.717) is 40.3 Å². The molecule has 0 radical (unpaired) electrons. The molecule has 0 atom stereocenters. The van der Waals surface area contributed by atoms with Crippen molar-refractivity contribution >= 4 is 27.7 Å². The number of hydrogen-bond donors (Lipinski definition) is 2. The highest BCUT2D eigenvalue weighted by atomic mass is 79.9. The lowest BCUT2D eigenvalue weighted by atomic mass is 10.2. The van der Waals surface area contributed by atoms with Crippen LogP contribution in [0.1, 0.15) is 34.6 Å². The highest BCUT2D eigenvalue weighted by Gasteiger charge is 2.14. The van der Waals surface area contributed by atoms with Crippen LogP contribution in [0.15, 0.2) is 46.9 Å². The lowest BCUT2D eigenvalue weighted by Crippen LogP contribution is -2.41. The summed E-state index contributed by atoms with van der Waals surface area (Å²) in [5.41, 5.74) is 5.55. The molecule has 2 N–H and O–H groups in total. The monoisotopic (exact) mass is 406 g/mol. The number of ether oxygens (including phenoxy) is 2. The topological polar surface area (TPSA) is 76.7 Å². The van der Waals surface area contributed by atoms with Gasteiger partial charge in [0, 0.05) is 10.0 Å². The van der Waals surface area contributed by atoms with Crippen molar-refractivity contribution in [2.24, 2.45) is 0 Å². The largest absolute Gasteiger partial charge is 0.490 e. The Kier molecular flexibility index (Phi) is 6.82. The summed E-state index contributed by atoms with van der Waals surface area (Å²) in [6.07, 6.45) is 0. The molecule has 0 spiro atoms. The minimum absolute atomic E-state index is 0.347. The minimum atomic E-state index is -0.454. The fraction of sp³-hybridized carbons (Fsp3) is 0.222. The molecule has 132 valence electrons. The van der Waals surface area contributed by atoms with Crippen LogP contribution in [0, 0.1) is 0 Å². The fourth-order valence-electron chi connectivity index (χ4n) is 2.09. The maximum Gasteiger partial charge on any atom is 0.270 e. The molecule has 6 nitrogen and oxygen atoms in total. The van der Waals surface area contributed by atoms with Gasteiger partial charge in [0.2, 0.25) is 0 Å². The number of amides is 2. The Morgan fingerprint density at radius 1 is 0.920 bits per heavy atom. The van der Waals surface area contributed by atoms with Gasteiger partial charge < -0.3 is 9.47 Å². The van der Waals surface area contributed by atoms with E-state index in [4.69, 9.17) is 9.47 Å². The summed E-state index contributed by atoms with van der Waals surface area (Å²) < 4.78 is 11.6. The van der Waals surface area contributed by atoms with Crippen LogP contribution >= 0.6 is 15.9 Å². The Morgan fingerprint density at radius 2 is 1.56 bits per heavy atom. The predicted octanol–water partition coefficient (Wildman–Crippen LogP) is 3.32. The summed E-state index contributed by atoms with van der Waals surface area (Å²) in [6.45, 7) is 4.66. The van der Waals surface area contributed by atoms with Gasteiger partial charge in [0.25, 0.3) is 11.8 Å². The molecule has 0 saturated heterocycles. The average molecular weight is 407 g/mol. The van der Waals surface area contributed by atoms with Crippen LogP contribution in [-0.4, -0.2) is 25.0 Å². The summed E-state index contributed by atoms with van der Waals surface area (Å²) >= 11 is 3.29. The van der Waals surface area contributed by atoms with Gasteiger partial charge in [0.15, 0.2) is 11.5 Å². The van der Waals surface area contributed by atoms with Gasteiger partial charge in [-0.05, 0) is 60.1 Å². The van der Waals surface area contributed by atoms with Crippen molar-refractivity contribution in [1.29, 1.82) is 0 Å². The second-order valence-corrected chi connectivity index (χ2v) is 5.77. The Hall–Kier alpha value is -2.54. The SMILES string of the molecule is CCOc1ccc(C(=O)NNC(=O)c2ccccc2Br)cc1OCC. The molecule has 25 heavy (non-hydrogen) atoms. The zero-order valence-corrected chi connectivity index (χ0v) is 15.6. The first-order valence-electron chi connectivity index (χ1n) is 7.81. The fourth-order valence-corrected chi connectivity index (χ4v) is 2.56. The van der Waals surface area contributed by atoms with Crippen molar-refractivity contribution < 1.29 is 19.1 Å². The van der Waals surface area contributed by atoms with Crippen LogP contribution in [-0.2, 0) is 0 Å². The number of carbonyl (C=O) groups is 2. The Labute approximate surface area is 154 Å². The van der Waals surface area contributed by atoms with E-state index in [1.807, 2.05) is 13.8 Å². The van der Waals surface area contributed by atoms with Crippen molar-refractivity contribution in [2.75, 3.05) is 13.2 Å². The number of hydrogen-bond acceptors (Lipinski definition) is 4. The van der Waals surface area contributed by atoms with Crippen LogP contribution in [0.2, 0.25) is 0 Å². The summed E-state index contributed by atoms with van der Waals surface area (Å²) in [6, 6.07) is 11.8. The lowest BCUT2D eigenvalue weighted by Gasteiger charge is -2.13. The van der Waals surface area contributed by atoms with Crippen LogP contribution in [0.25, 0.3) is 0 Å². The highest BCUT2D eigenvalue weighted by Crippen LogP contribution is 2.28. The quantitative estimate of drug-likeness (QED) is 0.721. The molecule has 0 aliphatic carbocycles. The lowest BCUT2D eigenvalue weighted by molar-refractivity contribution is 0.0846. The molecule has 0 saturated carbocycles. The third-order valence-corrected chi connectivity index (χ3v) is 3.91. The third kappa shape index (κ3) is 4.96. The van der Waals surface area contributed by atoms with Gasteiger partial charge in [-0.1, -0.05) is 12.1 Å². The van der Waals surface area contributed by atoms with Gasteiger partial charge in [0.05, 0.1) is 18.8 Å². The Bertz CT molecular complexity index is 764. The number of carbonyl (C=O) groups excluding carboxylic acids is 2. The van der Waals surface area contributed by atoms with E-state index in [-0.39, 0.29) is 0 Å². The van der Waals surface area contributed by atoms with Gasteiger partial charge in [0.1, 0.15) is 0 Å². The third-order valence-electron chi connectivity index (χ3n) is 3.21. The van der Waals surface area contributed by atoms with Crippen LogP contribution in [0.5, 0.6) is 11.5 Å². The smallest absolute Gasteiger partial charge is 0.270 e. The molecule has 0 unspecified atom stereocenters. The molecular formula is C18H19BrN2O4. The zero-order valence-electron chi connectivity index (χ0n) is 14.0. The van der Waals surface area contributed by atoms with Crippen LogP contribution < -0.4 is 20.3 Å². The standard InChI is InChI=1S/C18H19BrN2O4/c1-3-24-15-10-9-12(11-16(15)25-4-2)17(22)20-21-18(23)13-7-5-6-8-14(13)19/h5-11H,3-4H2,1-2H3,(H,20,22)(H,21,23). The molecule has 2 rings (SSSR count). The first-order valence-corrected chi connectivity index (χ1v) is 8.61. The van der Waals surface area contributed by atoms with Crippen LogP contribution in [0.4, 0.5) is 0 Å². The molecule has 0 aliphatic heterocycles. The van der Waals surface area contributed by atoms with E-state index < -0.39 is 11.8 Å². The summed E-state index contributed by atoms with van der Waals surface area (Å²) in [5.74, 6) is 0.175. The molecule has 0 bridgehead atoms. The summed E-state index contributed by atoms with van der Waals surface area (Å²) in [5, 5.41) is 0. The number of nitrogens with one attached hydrogen (secondary N) is 2. The molecule has 2 aromatic rings. The maximum absolute atomic E-state index is 12.3.